The van der Waals surface area contributed by atoms with Crippen LogP contribution in [0.25, 0.3) is 6.08 Å². The highest BCUT2D eigenvalue weighted by atomic mass is 32.2. The normalized spacial score (nSPS) is 28.0. The van der Waals surface area contributed by atoms with E-state index in [1.807, 2.05) is 45.0 Å². The number of benzene rings is 1. The van der Waals surface area contributed by atoms with Crippen LogP contribution >= 0.6 is 0 Å². The molecule has 16 heteroatoms. The molecule has 1 saturated heterocycles. The lowest BCUT2D eigenvalue weighted by molar-refractivity contribution is -0.141. The summed E-state index contributed by atoms with van der Waals surface area (Å²) in [6, 6.07) is 3.31. The minimum absolute atomic E-state index is 0. The van der Waals surface area contributed by atoms with Gasteiger partial charge >= 0.3 is 12.2 Å². The van der Waals surface area contributed by atoms with Crippen molar-refractivity contribution in [2.24, 2.45) is 11.3 Å². The maximum Gasteiger partial charge on any atom is 0.410 e. The maximum atomic E-state index is 14.6. The number of ether oxygens (including phenoxy) is 2. The predicted octanol–water partition coefficient (Wildman–Crippen LogP) is 4.98. The SMILES string of the molecule is CC[C@@H]1C[C@]1(NC(=O)C1C[C@@H]2CN1C(=O)[C@H](CCC(=O)C=C(C)C)NC(=O)OCC(C)(C)CC/C=C/c1cccc3c1CN(C3)C(=O)O2)C(=O)NS(=O)(=O)C1CC1.[HH].[HH].[HH]. The standard InChI is InChI=1S/C41H55N5O10S.3H2/c1-6-28-20-41(28,37(50)44-57(53,54)31-14-15-31)43-35(48)34-19-30-22-46(34)36(49)33(16-13-29(47)18-25(2)3)42-38(51)55-24-40(4,5)17-8-7-10-26-11-9-12-27-21-45(23-32(26)27)39(52)56-30;;;/h7,9-12,18,28,30-31,33-34H,6,8,13-17,19-24H2,1-5H3,(H,42,51)(H,43,48)(H,44,50);3*1H/b10-7+;;;/t28-,30-,33+,34?,41-;;;/m1.../s1. The van der Waals surface area contributed by atoms with E-state index in [9.17, 15) is 37.2 Å². The molecule has 3 heterocycles. The summed E-state index contributed by atoms with van der Waals surface area (Å²) in [7, 11) is -3.92. The Morgan fingerprint density at radius 3 is 2.54 bits per heavy atom. The first-order valence-corrected chi connectivity index (χ1v) is 21.5. The van der Waals surface area contributed by atoms with Crippen molar-refractivity contribution in [1.29, 1.82) is 0 Å². The Hall–Kier alpha value is -4.73. The number of hydrogen-bond donors (Lipinski definition) is 3. The molecular formula is C41H61N5O10S. The molecule has 0 aromatic heterocycles. The minimum Gasteiger partial charge on any atom is -0.449 e. The number of amides is 5. The molecule has 5 atom stereocenters. The summed E-state index contributed by atoms with van der Waals surface area (Å²) in [5.74, 6) is -2.88. The highest BCUT2D eigenvalue weighted by molar-refractivity contribution is 7.91. The van der Waals surface area contributed by atoms with Gasteiger partial charge in [-0.1, -0.05) is 63.1 Å². The number of alkyl carbamates (subject to hydrolysis) is 1. The molecule has 1 aromatic rings. The Morgan fingerprint density at radius 2 is 1.86 bits per heavy atom. The third-order valence-electron chi connectivity index (χ3n) is 11.5. The molecule has 3 aliphatic heterocycles. The minimum atomic E-state index is -3.92. The third-order valence-corrected chi connectivity index (χ3v) is 13.4. The molecule has 316 valence electrons. The number of rotatable bonds is 10. The number of sulfonamides is 1. The van der Waals surface area contributed by atoms with Crippen LogP contribution in [0.5, 0.6) is 0 Å². The van der Waals surface area contributed by atoms with Gasteiger partial charge < -0.3 is 25.0 Å². The zero-order valence-electron chi connectivity index (χ0n) is 33.4. The van der Waals surface area contributed by atoms with E-state index in [1.165, 1.54) is 11.0 Å². The Morgan fingerprint density at radius 1 is 1.11 bits per heavy atom. The molecule has 5 amide bonds. The quantitative estimate of drug-likeness (QED) is 0.271. The van der Waals surface area contributed by atoms with Gasteiger partial charge in [-0.3, -0.25) is 28.8 Å². The number of carbonyl (C=O) groups is 6. The van der Waals surface area contributed by atoms with Crippen LogP contribution in [0, 0.1) is 11.3 Å². The molecule has 2 saturated carbocycles. The molecule has 1 unspecified atom stereocenters. The summed E-state index contributed by atoms with van der Waals surface area (Å²) in [6.45, 7) is 9.75. The van der Waals surface area contributed by atoms with Crippen molar-refractivity contribution >= 4 is 51.8 Å². The van der Waals surface area contributed by atoms with Gasteiger partial charge in [0.1, 0.15) is 23.7 Å². The van der Waals surface area contributed by atoms with Crippen molar-refractivity contribution in [1.82, 2.24) is 25.2 Å². The fourth-order valence-electron chi connectivity index (χ4n) is 7.96. The monoisotopic (exact) mass is 815 g/mol. The maximum absolute atomic E-state index is 14.6. The van der Waals surface area contributed by atoms with Crippen LogP contribution in [0.4, 0.5) is 9.59 Å². The number of carbonyl (C=O) groups excluding carboxylic acids is 6. The van der Waals surface area contributed by atoms with Crippen molar-refractivity contribution in [3.63, 3.8) is 0 Å². The summed E-state index contributed by atoms with van der Waals surface area (Å²) in [6.07, 6.45) is 5.67. The van der Waals surface area contributed by atoms with Gasteiger partial charge in [-0.25, -0.2) is 18.0 Å². The Balaban J connectivity index is 0.00000320. The Bertz CT molecular complexity index is 1990. The van der Waals surface area contributed by atoms with Crippen LogP contribution in [0.3, 0.4) is 0 Å². The van der Waals surface area contributed by atoms with E-state index in [-0.39, 0.29) is 54.8 Å². The molecular weight excluding hydrogens is 755 g/mol. The first-order chi connectivity index (χ1) is 26.9. The summed E-state index contributed by atoms with van der Waals surface area (Å²) in [5.41, 5.74) is 1.77. The van der Waals surface area contributed by atoms with Crippen molar-refractivity contribution in [3.05, 3.63) is 52.6 Å². The number of nitrogens with one attached hydrogen (secondary N) is 3. The van der Waals surface area contributed by atoms with Crippen molar-refractivity contribution in [3.8, 4) is 0 Å². The van der Waals surface area contributed by atoms with E-state index in [0.717, 1.165) is 22.3 Å². The van der Waals surface area contributed by atoms with E-state index in [0.29, 0.717) is 45.2 Å². The van der Waals surface area contributed by atoms with Gasteiger partial charge in [0.2, 0.25) is 21.8 Å². The lowest BCUT2D eigenvalue weighted by Gasteiger charge is -2.30. The lowest BCUT2D eigenvalue weighted by atomic mass is 9.88. The fraction of sp³-hybridized carbons (Fsp3) is 0.610. The summed E-state index contributed by atoms with van der Waals surface area (Å²) < 4.78 is 39.3. The number of hydrogen-bond acceptors (Lipinski definition) is 10. The van der Waals surface area contributed by atoms with Gasteiger partial charge in [-0.2, -0.15) is 0 Å². The second-order valence-corrected chi connectivity index (χ2v) is 19.1. The molecule has 15 nitrogen and oxygen atoms in total. The molecule has 6 rings (SSSR count). The van der Waals surface area contributed by atoms with E-state index in [4.69, 9.17) is 9.47 Å². The van der Waals surface area contributed by atoms with Crippen molar-refractivity contribution in [2.75, 3.05) is 13.2 Å². The Labute approximate surface area is 338 Å². The molecule has 3 fully saturated rings. The molecule has 4 bridgehead atoms. The van der Waals surface area contributed by atoms with E-state index in [1.54, 1.807) is 18.7 Å². The van der Waals surface area contributed by atoms with Gasteiger partial charge in [0.05, 0.1) is 24.9 Å². The molecule has 5 aliphatic rings. The largest absolute Gasteiger partial charge is 0.449 e. The van der Waals surface area contributed by atoms with E-state index < -0.39 is 74.3 Å². The second-order valence-electron chi connectivity index (χ2n) is 17.1. The number of nitrogens with zero attached hydrogens (tertiary/aromatic N) is 2. The smallest absolute Gasteiger partial charge is 0.410 e. The van der Waals surface area contributed by atoms with Crippen LogP contribution in [0.1, 0.15) is 113 Å². The number of fused-ring (bicyclic) bond motifs is 3. The van der Waals surface area contributed by atoms with Gasteiger partial charge in [0.15, 0.2) is 5.78 Å². The van der Waals surface area contributed by atoms with Crippen LogP contribution in [0.15, 0.2) is 35.9 Å². The first-order valence-electron chi connectivity index (χ1n) is 19.9. The number of ketones is 1. The zero-order valence-corrected chi connectivity index (χ0v) is 34.2. The average Bonchev–Trinajstić information content (AvgIpc) is 4.04. The van der Waals surface area contributed by atoms with Gasteiger partial charge in [-0.05, 0) is 86.5 Å². The number of cyclic esters (lactones) is 1. The second kappa shape index (κ2) is 16.6. The summed E-state index contributed by atoms with van der Waals surface area (Å²) in [4.78, 5) is 85.0. The highest BCUT2D eigenvalue weighted by Gasteiger charge is 2.62. The molecule has 0 spiro atoms. The van der Waals surface area contributed by atoms with E-state index >= 15 is 0 Å². The average molecular weight is 816 g/mol. The zero-order chi connectivity index (χ0) is 41.3. The Kier molecular flexibility index (Phi) is 12.2. The molecule has 2 aliphatic carbocycles. The van der Waals surface area contributed by atoms with E-state index in [2.05, 4.69) is 21.4 Å². The summed E-state index contributed by atoms with van der Waals surface area (Å²) in [5, 5.41) is 4.77. The van der Waals surface area contributed by atoms with Crippen molar-refractivity contribution < 1.29 is 50.9 Å². The van der Waals surface area contributed by atoms with Gasteiger partial charge in [0.25, 0.3) is 5.91 Å². The first kappa shape index (κ1) is 41.9. The van der Waals surface area contributed by atoms with Gasteiger partial charge in [0, 0.05) is 23.7 Å². The molecule has 1 aromatic carbocycles. The topological polar surface area (TPSA) is 198 Å². The molecule has 57 heavy (non-hydrogen) atoms. The fourth-order valence-corrected chi connectivity index (χ4v) is 9.32. The van der Waals surface area contributed by atoms with Crippen LogP contribution < -0.4 is 15.4 Å². The third kappa shape index (κ3) is 9.87. The lowest BCUT2D eigenvalue weighted by Crippen LogP contribution is -2.58. The van der Waals surface area contributed by atoms with Crippen molar-refractivity contribution in [2.45, 2.75) is 134 Å². The highest BCUT2D eigenvalue weighted by Crippen LogP contribution is 2.47. The molecule has 3 N–H and O–H groups in total. The number of allylic oxidation sites excluding steroid dienone is 3. The molecule has 0 radical (unpaired) electrons. The van der Waals surface area contributed by atoms with Gasteiger partial charge in [-0.15, -0.1) is 0 Å². The predicted molar refractivity (Wildman–Crippen MR) is 216 cm³/mol. The van der Waals surface area contributed by atoms with Crippen LogP contribution in [-0.4, -0.2) is 96.0 Å². The van der Waals surface area contributed by atoms with Crippen LogP contribution in [0.2, 0.25) is 0 Å². The summed E-state index contributed by atoms with van der Waals surface area (Å²) >= 11 is 0. The van der Waals surface area contributed by atoms with Crippen LogP contribution in [-0.2, 0) is 51.8 Å².